The zero-order valence-electron chi connectivity index (χ0n) is 15.2. The van der Waals surface area contributed by atoms with E-state index in [2.05, 4.69) is 10.0 Å². The fraction of sp³-hybridized carbons (Fsp3) is 0.190. The molecule has 0 aliphatic rings. The molecule has 0 aromatic heterocycles. The maximum absolute atomic E-state index is 12.7. The summed E-state index contributed by atoms with van der Waals surface area (Å²) in [7, 11) is -1.43. The van der Waals surface area contributed by atoms with E-state index >= 15 is 0 Å². The number of nitrogens with one attached hydrogen (secondary N) is 2. The number of aliphatic hydroxyl groups excluding tert-OH is 1. The molecular weight excluding hydrogens is 360 g/mol. The summed E-state index contributed by atoms with van der Waals surface area (Å²) in [5.74, 6) is -0.280. The van der Waals surface area contributed by atoms with Crippen LogP contribution < -0.4 is 10.0 Å². The first-order valence-corrected chi connectivity index (χ1v) is 9.74. The predicted octanol–water partition coefficient (Wildman–Crippen LogP) is 3.93. The highest BCUT2D eigenvalue weighted by molar-refractivity contribution is 7.86. The second kappa shape index (κ2) is 7.90. The molecule has 1 amide bonds. The average molecular weight is 382 g/mol. The van der Waals surface area contributed by atoms with Crippen LogP contribution in [0.2, 0.25) is 0 Å². The largest absolute Gasteiger partial charge is 0.395 e. The molecule has 6 heteroatoms. The van der Waals surface area contributed by atoms with Crippen LogP contribution in [0.15, 0.2) is 71.6 Å². The Balaban J connectivity index is 1.75. The smallest absolute Gasteiger partial charge is 0.232 e. The van der Waals surface area contributed by atoms with Crippen molar-refractivity contribution in [2.75, 3.05) is 16.6 Å². The van der Waals surface area contributed by atoms with E-state index in [4.69, 9.17) is 0 Å². The lowest BCUT2D eigenvalue weighted by atomic mass is 9.93. The number of aliphatic hydroxyl groups is 1. The minimum Gasteiger partial charge on any atom is -0.395 e. The van der Waals surface area contributed by atoms with Crippen molar-refractivity contribution in [3.8, 4) is 0 Å². The second-order valence-corrected chi connectivity index (χ2v) is 8.17. The van der Waals surface area contributed by atoms with Gasteiger partial charge in [0.25, 0.3) is 0 Å². The van der Waals surface area contributed by atoms with E-state index in [0.29, 0.717) is 16.3 Å². The van der Waals surface area contributed by atoms with Crippen LogP contribution >= 0.6 is 0 Å². The molecule has 5 nitrogen and oxygen atoms in total. The monoisotopic (exact) mass is 382 g/mol. The molecule has 1 atom stereocenters. The molecule has 0 saturated carbocycles. The van der Waals surface area contributed by atoms with Gasteiger partial charge in [0, 0.05) is 11.4 Å². The summed E-state index contributed by atoms with van der Waals surface area (Å²) in [6.45, 7) is 3.08. The van der Waals surface area contributed by atoms with Crippen LogP contribution in [0.4, 0.5) is 11.4 Å². The second-order valence-electron chi connectivity index (χ2n) is 6.96. The molecule has 0 aliphatic heterocycles. The lowest BCUT2D eigenvalue weighted by Crippen LogP contribution is -2.33. The van der Waals surface area contributed by atoms with E-state index in [1.165, 1.54) is 0 Å². The highest BCUT2D eigenvalue weighted by Crippen LogP contribution is 2.22. The average Bonchev–Trinajstić information content (AvgIpc) is 2.67. The Morgan fingerprint density at radius 1 is 0.963 bits per heavy atom. The maximum Gasteiger partial charge on any atom is 0.232 e. The minimum atomic E-state index is -1.43. The first kappa shape index (κ1) is 19.1. The summed E-state index contributed by atoms with van der Waals surface area (Å²) in [4.78, 5) is 12.9. The van der Waals surface area contributed by atoms with Crippen molar-refractivity contribution in [2.45, 2.75) is 18.7 Å². The van der Waals surface area contributed by atoms with Gasteiger partial charge in [0.2, 0.25) is 5.91 Å². The summed E-state index contributed by atoms with van der Waals surface area (Å²) >= 11 is 0. The fourth-order valence-electron chi connectivity index (χ4n) is 2.48. The highest BCUT2D eigenvalue weighted by atomic mass is 32.2. The van der Waals surface area contributed by atoms with Gasteiger partial charge in [-0.25, -0.2) is 4.21 Å². The number of hydrogen-bond acceptors (Lipinski definition) is 3. The van der Waals surface area contributed by atoms with Crippen LogP contribution in [0.25, 0.3) is 10.8 Å². The molecule has 3 rings (SSSR count). The molecule has 140 valence electrons. The van der Waals surface area contributed by atoms with Crippen molar-refractivity contribution in [3.63, 3.8) is 0 Å². The SMILES string of the molecule is CC(C)(CO)C(=O)Nc1cccc(NS(=O)c2ccc3ccccc3c2)c1. The Labute approximate surface area is 161 Å². The van der Waals surface area contributed by atoms with Crippen LogP contribution in [0.5, 0.6) is 0 Å². The van der Waals surface area contributed by atoms with Crippen molar-refractivity contribution in [1.29, 1.82) is 0 Å². The zero-order chi connectivity index (χ0) is 19.4. The van der Waals surface area contributed by atoms with Gasteiger partial charge in [-0.05, 0) is 55.0 Å². The molecule has 0 bridgehead atoms. The molecular formula is C21H22N2O3S. The Morgan fingerprint density at radius 2 is 1.67 bits per heavy atom. The summed E-state index contributed by atoms with van der Waals surface area (Å²) in [6, 6.07) is 20.6. The summed E-state index contributed by atoms with van der Waals surface area (Å²) in [5, 5.41) is 14.2. The third-order valence-electron chi connectivity index (χ3n) is 4.28. The maximum atomic E-state index is 12.7. The van der Waals surface area contributed by atoms with E-state index in [9.17, 15) is 14.1 Å². The Hall–Kier alpha value is -2.70. The van der Waals surface area contributed by atoms with E-state index in [1.807, 2.05) is 42.5 Å². The van der Waals surface area contributed by atoms with Gasteiger partial charge in [0.1, 0.15) is 11.0 Å². The third kappa shape index (κ3) is 4.53. The Kier molecular flexibility index (Phi) is 5.58. The molecule has 0 fully saturated rings. The van der Waals surface area contributed by atoms with Crippen LogP contribution in [-0.4, -0.2) is 21.8 Å². The van der Waals surface area contributed by atoms with Gasteiger partial charge >= 0.3 is 0 Å². The number of carbonyl (C=O) groups excluding carboxylic acids is 1. The normalized spacial score (nSPS) is 12.6. The molecule has 0 heterocycles. The third-order valence-corrected chi connectivity index (χ3v) is 5.38. The summed E-state index contributed by atoms with van der Waals surface area (Å²) in [5.41, 5.74) is 0.320. The van der Waals surface area contributed by atoms with Crippen molar-refractivity contribution in [1.82, 2.24) is 0 Å². The standard InChI is InChI=1S/C21H22N2O3S/c1-21(2,14-24)20(25)22-17-8-5-9-18(13-17)23-27(26)19-11-10-15-6-3-4-7-16(15)12-19/h3-13,23-24H,14H2,1-2H3,(H,22,25). The van der Waals surface area contributed by atoms with Crippen LogP contribution in [0, 0.1) is 5.41 Å². The van der Waals surface area contributed by atoms with E-state index in [0.717, 1.165) is 10.8 Å². The fourth-order valence-corrected chi connectivity index (χ4v) is 3.37. The molecule has 0 saturated heterocycles. The Bertz CT molecular complexity index is 1000. The van der Waals surface area contributed by atoms with Gasteiger partial charge in [-0.3, -0.25) is 4.79 Å². The minimum absolute atomic E-state index is 0.247. The summed E-state index contributed by atoms with van der Waals surface area (Å²) in [6.07, 6.45) is 0. The topological polar surface area (TPSA) is 78.4 Å². The van der Waals surface area contributed by atoms with Crippen LogP contribution in [-0.2, 0) is 15.8 Å². The van der Waals surface area contributed by atoms with Gasteiger partial charge < -0.3 is 15.1 Å². The molecule has 3 aromatic carbocycles. The van der Waals surface area contributed by atoms with Crippen molar-refractivity contribution >= 4 is 39.0 Å². The van der Waals surface area contributed by atoms with E-state index < -0.39 is 16.4 Å². The molecule has 0 spiro atoms. The first-order valence-electron chi connectivity index (χ1n) is 8.59. The van der Waals surface area contributed by atoms with Gasteiger partial charge in [-0.2, -0.15) is 0 Å². The van der Waals surface area contributed by atoms with Gasteiger partial charge in [0.05, 0.1) is 16.9 Å². The van der Waals surface area contributed by atoms with Gasteiger partial charge in [-0.15, -0.1) is 0 Å². The zero-order valence-corrected chi connectivity index (χ0v) is 16.0. The number of amides is 1. The molecule has 3 N–H and O–H groups in total. The number of hydrogen-bond donors (Lipinski definition) is 3. The number of benzene rings is 3. The number of anilines is 2. The number of fused-ring (bicyclic) bond motifs is 1. The van der Waals surface area contributed by atoms with Crippen molar-refractivity contribution in [2.24, 2.45) is 5.41 Å². The van der Waals surface area contributed by atoms with Gasteiger partial charge in [-0.1, -0.05) is 36.4 Å². The van der Waals surface area contributed by atoms with Crippen molar-refractivity contribution in [3.05, 3.63) is 66.7 Å². The quantitative estimate of drug-likeness (QED) is 0.604. The molecule has 1 unspecified atom stereocenters. The Morgan fingerprint density at radius 3 is 2.41 bits per heavy atom. The molecule has 0 aliphatic carbocycles. The van der Waals surface area contributed by atoms with Crippen LogP contribution in [0.1, 0.15) is 13.8 Å². The molecule has 3 aromatic rings. The summed E-state index contributed by atoms with van der Waals surface area (Å²) < 4.78 is 15.6. The first-order chi connectivity index (χ1) is 12.9. The number of carbonyl (C=O) groups is 1. The van der Waals surface area contributed by atoms with Crippen molar-refractivity contribution < 1.29 is 14.1 Å². The van der Waals surface area contributed by atoms with Gasteiger partial charge in [0.15, 0.2) is 0 Å². The molecule has 27 heavy (non-hydrogen) atoms. The highest BCUT2D eigenvalue weighted by Gasteiger charge is 2.26. The van der Waals surface area contributed by atoms with Crippen LogP contribution in [0.3, 0.4) is 0 Å². The lowest BCUT2D eigenvalue weighted by Gasteiger charge is -2.20. The number of rotatable bonds is 6. The van der Waals surface area contributed by atoms with E-state index in [-0.39, 0.29) is 12.5 Å². The molecule has 0 radical (unpaired) electrons. The lowest BCUT2D eigenvalue weighted by molar-refractivity contribution is -0.125. The van der Waals surface area contributed by atoms with E-state index in [1.54, 1.807) is 38.1 Å². The predicted molar refractivity (Wildman–Crippen MR) is 110 cm³/mol.